The lowest BCUT2D eigenvalue weighted by atomic mass is 10.3. The zero-order valence-electron chi connectivity index (χ0n) is 10.7. The van der Waals surface area contributed by atoms with Gasteiger partial charge in [0.15, 0.2) is 9.84 Å². The summed E-state index contributed by atoms with van der Waals surface area (Å²) in [4.78, 5) is 1.98. The number of anilines is 1. The van der Waals surface area contributed by atoms with Crippen LogP contribution in [0.2, 0.25) is 0 Å². The van der Waals surface area contributed by atoms with Gasteiger partial charge in [0.1, 0.15) is 5.82 Å². The number of halogens is 1. The second-order valence-electron chi connectivity index (χ2n) is 4.72. The first kappa shape index (κ1) is 14.2. The van der Waals surface area contributed by atoms with Crippen LogP contribution in [0.4, 0.5) is 10.1 Å². The van der Waals surface area contributed by atoms with Gasteiger partial charge in [-0.05, 0) is 25.2 Å². The van der Waals surface area contributed by atoms with E-state index in [2.05, 4.69) is 0 Å². The number of hydrogen-bond donors (Lipinski definition) is 1. The lowest BCUT2D eigenvalue weighted by Crippen LogP contribution is -2.43. The smallest absolute Gasteiger partial charge is 0.183 e. The number of ether oxygens (including phenoxy) is 1. The van der Waals surface area contributed by atoms with E-state index in [1.165, 1.54) is 6.07 Å². The molecule has 1 aliphatic rings. The molecule has 0 spiro atoms. The van der Waals surface area contributed by atoms with Crippen molar-refractivity contribution in [3.63, 3.8) is 0 Å². The highest BCUT2D eigenvalue weighted by molar-refractivity contribution is 7.91. The van der Waals surface area contributed by atoms with Crippen LogP contribution >= 0.6 is 0 Å². The van der Waals surface area contributed by atoms with Crippen LogP contribution in [-0.2, 0) is 14.6 Å². The van der Waals surface area contributed by atoms with E-state index in [-0.39, 0.29) is 22.4 Å². The second kappa shape index (κ2) is 5.44. The molecule has 2 rings (SSSR count). The molecule has 19 heavy (non-hydrogen) atoms. The normalized spacial score (nSPS) is 21.5. The van der Waals surface area contributed by atoms with Gasteiger partial charge < -0.3 is 15.4 Å². The fraction of sp³-hybridized carbons (Fsp3) is 0.500. The largest absolute Gasteiger partial charge is 0.398 e. The number of morpholine rings is 1. The first-order chi connectivity index (χ1) is 8.88. The van der Waals surface area contributed by atoms with Crippen molar-refractivity contribution in [2.24, 2.45) is 0 Å². The van der Waals surface area contributed by atoms with Crippen LogP contribution in [0, 0.1) is 5.82 Å². The Kier molecular flexibility index (Phi) is 4.07. The van der Waals surface area contributed by atoms with Gasteiger partial charge in [-0.1, -0.05) is 0 Å². The van der Waals surface area contributed by atoms with Crippen LogP contribution in [0.3, 0.4) is 0 Å². The molecule has 1 aromatic rings. The maximum Gasteiger partial charge on any atom is 0.183 e. The summed E-state index contributed by atoms with van der Waals surface area (Å²) in [6.07, 6.45) is -0.381. The van der Waals surface area contributed by atoms with Crippen LogP contribution in [0.15, 0.2) is 23.1 Å². The van der Waals surface area contributed by atoms with Gasteiger partial charge in [-0.25, -0.2) is 12.8 Å². The van der Waals surface area contributed by atoms with Crippen LogP contribution in [0.5, 0.6) is 0 Å². The molecule has 1 unspecified atom stereocenters. The lowest BCUT2D eigenvalue weighted by Gasteiger charge is -2.29. The number of nitrogens with two attached hydrogens (primary N) is 1. The van der Waals surface area contributed by atoms with E-state index in [0.717, 1.165) is 18.7 Å². The summed E-state index contributed by atoms with van der Waals surface area (Å²) < 4.78 is 42.8. The zero-order valence-corrected chi connectivity index (χ0v) is 11.5. The summed E-state index contributed by atoms with van der Waals surface area (Å²) in [5.41, 5.74) is 5.50. The molecule has 1 atom stereocenters. The highest BCUT2D eigenvalue weighted by Crippen LogP contribution is 2.22. The first-order valence-electron chi connectivity index (χ1n) is 5.96. The van der Waals surface area contributed by atoms with Crippen LogP contribution in [0.25, 0.3) is 0 Å². The Morgan fingerprint density at radius 1 is 1.53 bits per heavy atom. The number of likely N-dealkylation sites (N-methyl/N-ethyl adjacent to an activating group) is 1. The second-order valence-corrected chi connectivity index (χ2v) is 6.72. The molecular formula is C12H17FN2O3S. The van der Waals surface area contributed by atoms with Gasteiger partial charge in [0.2, 0.25) is 0 Å². The van der Waals surface area contributed by atoms with E-state index in [1.807, 2.05) is 11.9 Å². The maximum absolute atomic E-state index is 12.9. The van der Waals surface area contributed by atoms with Crippen molar-refractivity contribution < 1.29 is 17.5 Å². The average molecular weight is 288 g/mol. The van der Waals surface area contributed by atoms with Crippen molar-refractivity contribution in [1.29, 1.82) is 0 Å². The Labute approximate surface area is 112 Å². The summed E-state index contributed by atoms with van der Waals surface area (Å²) >= 11 is 0. The summed E-state index contributed by atoms with van der Waals surface area (Å²) in [6, 6.07) is 3.31. The highest BCUT2D eigenvalue weighted by atomic mass is 32.2. The van der Waals surface area contributed by atoms with E-state index in [0.29, 0.717) is 13.2 Å². The van der Waals surface area contributed by atoms with Gasteiger partial charge in [-0.3, -0.25) is 0 Å². The molecule has 106 valence electrons. The van der Waals surface area contributed by atoms with Gasteiger partial charge in [0.05, 0.1) is 29.0 Å². The van der Waals surface area contributed by atoms with Crippen LogP contribution in [-0.4, -0.2) is 51.9 Å². The van der Waals surface area contributed by atoms with Gasteiger partial charge >= 0.3 is 0 Å². The summed E-state index contributed by atoms with van der Waals surface area (Å²) in [5.74, 6) is -0.696. The van der Waals surface area contributed by atoms with Crippen molar-refractivity contribution in [3.8, 4) is 0 Å². The van der Waals surface area contributed by atoms with Crippen molar-refractivity contribution >= 4 is 15.5 Å². The number of hydrogen-bond acceptors (Lipinski definition) is 5. The van der Waals surface area contributed by atoms with Crippen molar-refractivity contribution in [2.75, 3.05) is 38.2 Å². The minimum absolute atomic E-state index is 0.0364. The third-order valence-electron chi connectivity index (χ3n) is 3.05. The van der Waals surface area contributed by atoms with Crippen molar-refractivity contribution in [2.45, 2.75) is 11.0 Å². The molecule has 0 aromatic heterocycles. The SMILES string of the molecule is CN1CCOC(CS(=O)(=O)c2ccc(F)cc2N)C1. The molecule has 5 nitrogen and oxygen atoms in total. The Morgan fingerprint density at radius 3 is 2.89 bits per heavy atom. The van der Waals surface area contributed by atoms with Crippen LogP contribution in [0.1, 0.15) is 0 Å². The van der Waals surface area contributed by atoms with Gasteiger partial charge in [-0.2, -0.15) is 0 Å². The molecule has 2 N–H and O–H groups in total. The standard InChI is InChI=1S/C12H17FN2O3S/c1-15-4-5-18-10(7-15)8-19(16,17)12-3-2-9(13)6-11(12)14/h2-3,6,10H,4-5,7-8,14H2,1H3. The zero-order chi connectivity index (χ0) is 14.0. The van der Waals surface area contributed by atoms with E-state index in [9.17, 15) is 12.8 Å². The monoisotopic (exact) mass is 288 g/mol. The predicted octanol–water partition coefficient (Wildman–Crippen LogP) is 0.512. The number of nitrogens with zero attached hydrogens (tertiary/aromatic N) is 1. The summed E-state index contributed by atoms with van der Waals surface area (Å²) in [7, 11) is -1.66. The molecule has 1 fully saturated rings. The Hall–Kier alpha value is -1.18. The molecule has 0 aliphatic carbocycles. The maximum atomic E-state index is 12.9. The minimum Gasteiger partial charge on any atom is -0.398 e. The average Bonchev–Trinajstić information content (AvgIpc) is 2.27. The highest BCUT2D eigenvalue weighted by Gasteiger charge is 2.27. The number of rotatable bonds is 3. The van der Waals surface area contributed by atoms with Gasteiger partial charge in [0, 0.05) is 13.1 Å². The molecule has 0 radical (unpaired) electrons. The van der Waals surface area contributed by atoms with Crippen molar-refractivity contribution in [3.05, 3.63) is 24.0 Å². The number of nitrogen functional groups attached to an aromatic ring is 1. The summed E-state index contributed by atoms with van der Waals surface area (Å²) in [6.45, 7) is 1.85. The van der Waals surface area contributed by atoms with Gasteiger partial charge in [-0.15, -0.1) is 0 Å². The van der Waals surface area contributed by atoms with Crippen molar-refractivity contribution in [1.82, 2.24) is 4.90 Å². The molecule has 1 heterocycles. The molecular weight excluding hydrogens is 271 g/mol. The third kappa shape index (κ3) is 3.43. The summed E-state index contributed by atoms with van der Waals surface area (Å²) in [5, 5.41) is 0. The predicted molar refractivity (Wildman–Crippen MR) is 70.1 cm³/mol. The van der Waals surface area contributed by atoms with E-state index in [4.69, 9.17) is 10.5 Å². The lowest BCUT2D eigenvalue weighted by molar-refractivity contribution is -0.00680. The number of benzene rings is 1. The topological polar surface area (TPSA) is 72.6 Å². The van der Waals surface area contributed by atoms with E-state index >= 15 is 0 Å². The van der Waals surface area contributed by atoms with E-state index in [1.54, 1.807) is 0 Å². The van der Waals surface area contributed by atoms with E-state index < -0.39 is 15.7 Å². The third-order valence-corrected chi connectivity index (χ3v) is 4.91. The molecule has 1 saturated heterocycles. The molecule has 1 aromatic carbocycles. The molecule has 0 bridgehead atoms. The quantitative estimate of drug-likeness (QED) is 0.648. The fourth-order valence-corrected chi connectivity index (χ4v) is 3.67. The Bertz CT molecular complexity index is 562. The van der Waals surface area contributed by atoms with Gasteiger partial charge in [0.25, 0.3) is 0 Å². The molecule has 1 aliphatic heterocycles. The Morgan fingerprint density at radius 2 is 2.26 bits per heavy atom. The number of sulfone groups is 1. The fourth-order valence-electron chi connectivity index (χ4n) is 2.10. The first-order valence-corrected chi connectivity index (χ1v) is 7.61. The minimum atomic E-state index is -3.57. The molecule has 0 amide bonds. The van der Waals surface area contributed by atoms with Crippen LogP contribution < -0.4 is 5.73 Å². The Balaban J connectivity index is 2.18. The molecule has 0 saturated carbocycles. The molecule has 7 heteroatoms.